The molecule has 0 aliphatic heterocycles. The van der Waals surface area contributed by atoms with Crippen LogP contribution in [0.5, 0.6) is 0 Å². The third kappa shape index (κ3) is 8.24. The molecular formula is C38H48N2O. The number of nitrogens with one attached hydrogen (secondary N) is 2. The predicted molar refractivity (Wildman–Crippen MR) is 176 cm³/mol. The van der Waals surface area contributed by atoms with Gasteiger partial charge >= 0.3 is 0 Å². The summed E-state index contributed by atoms with van der Waals surface area (Å²) < 4.78 is 7.30. The van der Waals surface area contributed by atoms with Crippen molar-refractivity contribution in [3.63, 3.8) is 0 Å². The molecule has 0 saturated heterocycles. The second-order valence-electron chi connectivity index (χ2n) is 11.0. The van der Waals surface area contributed by atoms with Gasteiger partial charge in [-0.1, -0.05) is 124 Å². The maximum atomic E-state index is 7.30. The van der Waals surface area contributed by atoms with Crippen molar-refractivity contribution in [2.45, 2.75) is 78.4 Å². The number of hydrogen-bond acceptors (Lipinski definition) is 3. The SMILES string of the molecule is CCCCCNc1cccc(C(OC(c2ccccc2)c2cccc(NCCCCC)c2C)c2ccccc2)c1C. The molecule has 0 aromatic heterocycles. The lowest BCUT2D eigenvalue weighted by molar-refractivity contribution is 0.0302. The fourth-order valence-corrected chi connectivity index (χ4v) is 5.51. The van der Waals surface area contributed by atoms with E-state index in [1.807, 2.05) is 0 Å². The summed E-state index contributed by atoms with van der Waals surface area (Å²) in [6.45, 7) is 10.9. The molecule has 0 amide bonds. The first-order chi connectivity index (χ1) is 20.1. The third-order valence-electron chi connectivity index (χ3n) is 7.98. The number of unbranched alkanes of at least 4 members (excludes halogenated alkanes) is 4. The van der Waals surface area contributed by atoms with Crippen LogP contribution in [0.3, 0.4) is 0 Å². The third-order valence-corrected chi connectivity index (χ3v) is 7.98. The molecular weight excluding hydrogens is 500 g/mol. The van der Waals surface area contributed by atoms with Gasteiger partial charge in [-0.25, -0.2) is 0 Å². The molecule has 0 fully saturated rings. The molecule has 0 heterocycles. The molecule has 0 aliphatic rings. The molecule has 0 saturated carbocycles. The molecule has 4 rings (SSSR count). The molecule has 0 bridgehead atoms. The summed E-state index contributed by atoms with van der Waals surface area (Å²) in [4.78, 5) is 0. The Morgan fingerprint density at radius 1 is 0.512 bits per heavy atom. The summed E-state index contributed by atoms with van der Waals surface area (Å²) in [5.41, 5.74) is 9.58. The molecule has 2 atom stereocenters. The van der Waals surface area contributed by atoms with Crippen molar-refractivity contribution >= 4 is 11.4 Å². The molecule has 41 heavy (non-hydrogen) atoms. The highest BCUT2D eigenvalue weighted by molar-refractivity contribution is 5.57. The molecule has 216 valence electrons. The van der Waals surface area contributed by atoms with Gasteiger partial charge in [0.1, 0.15) is 12.2 Å². The first kappa shape index (κ1) is 30.4. The van der Waals surface area contributed by atoms with E-state index >= 15 is 0 Å². The van der Waals surface area contributed by atoms with E-state index in [4.69, 9.17) is 4.74 Å². The normalized spacial score (nSPS) is 12.6. The van der Waals surface area contributed by atoms with Crippen LogP contribution < -0.4 is 10.6 Å². The summed E-state index contributed by atoms with van der Waals surface area (Å²) >= 11 is 0. The zero-order valence-corrected chi connectivity index (χ0v) is 25.5. The lowest BCUT2D eigenvalue weighted by Gasteiger charge is -2.29. The number of benzene rings is 4. The molecule has 4 aromatic rings. The monoisotopic (exact) mass is 548 g/mol. The van der Waals surface area contributed by atoms with Gasteiger partial charge in [0.15, 0.2) is 0 Å². The van der Waals surface area contributed by atoms with E-state index in [-0.39, 0.29) is 12.2 Å². The van der Waals surface area contributed by atoms with Crippen LogP contribution >= 0.6 is 0 Å². The van der Waals surface area contributed by atoms with Crippen molar-refractivity contribution in [1.29, 1.82) is 0 Å². The maximum Gasteiger partial charge on any atom is 0.109 e. The van der Waals surface area contributed by atoms with Crippen molar-refractivity contribution in [2.75, 3.05) is 23.7 Å². The van der Waals surface area contributed by atoms with E-state index in [9.17, 15) is 0 Å². The van der Waals surface area contributed by atoms with E-state index < -0.39 is 0 Å². The standard InChI is InChI=1S/C38H48N2O/c1-5-7-15-27-39-35-25-17-23-33(29(35)3)37(31-19-11-9-12-20-31)41-38(32-21-13-10-14-22-32)34-24-18-26-36(30(34)4)40-28-16-8-6-2/h9-14,17-26,37-40H,5-8,15-16,27-28H2,1-4H3. The smallest absolute Gasteiger partial charge is 0.109 e. The number of hydrogen-bond donors (Lipinski definition) is 2. The molecule has 0 spiro atoms. The summed E-state index contributed by atoms with van der Waals surface area (Å²) in [7, 11) is 0. The summed E-state index contributed by atoms with van der Waals surface area (Å²) in [5, 5.41) is 7.38. The molecule has 3 heteroatoms. The Morgan fingerprint density at radius 3 is 1.32 bits per heavy atom. The van der Waals surface area contributed by atoms with Crippen LogP contribution in [0.1, 0.15) is 98.0 Å². The second kappa shape index (κ2) is 16.0. The number of anilines is 2. The van der Waals surface area contributed by atoms with Gasteiger partial charge in [-0.15, -0.1) is 0 Å². The molecule has 4 aromatic carbocycles. The van der Waals surface area contributed by atoms with Gasteiger partial charge < -0.3 is 15.4 Å². The Morgan fingerprint density at radius 2 is 0.927 bits per heavy atom. The van der Waals surface area contributed by atoms with Gasteiger partial charge in [0.2, 0.25) is 0 Å². The quantitative estimate of drug-likeness (QED) is 0.137. The van der Waals surface area contributed by atoms with E-state index in [1.165, 1.54) is 72.2 Å². The van der Waals surface area contributed by atoms with Crippen molar-refractivity contribution in [3.05, 3.63) is 130 Å². The first-order valence-corrected chi connectivity index (χ1v) is 15.6. The minimum absolute atomic E-state index is 0.223. The maximum absolute atomic E-state index is 7.30. The Kier molecular flexibility index (Phi) is 11.9. The van der Waals surface area contributed by atoms with E-state index in [0.29, 0.717) is 0 Å². The van der Waals surface area contributed by atoms with Crippen LogP contribution in [0.2, 0.25) is 0 Å². The van der Waals surface area contributed by atoms with Crippen molar-refractivity contribution in [2.24, 2.45) is 0 Å². The average Bonchev–Trinajstić information content (AvgIpc) is 3.01. The minimum Gasteiger partial charge on any atom is -0.385 e. The highest BCUT2D eigenvalue weighted by atomic mass is 16.5. The van der Waals surface area contributed by atoms with Gasteiger partial charge in [0, 0.05) is 24.5 Å². The average molecular weight is 549 g/mol. The van der Waals surface area contributed by atoms with Crippen LogP contribution in [0.4, 0.5) is 11.4 Å². The number of ether oxygens (including phenoxy) is 1. The van der Waals surface area contributed by atoms with Crippen LogP contribution in [0.25, 0.3) is 0 Å². The van der Waals surface area contributed by atoms with Crippen LogP contribution in [0.15, 0.2) is 97.1 Å². The molecule has 3 nitrogen and oxygen atoms in total. The Balaban J connectivity index is 1.73. The van der Waals surface area contributed by atoms with Crippen molar-refractivity contribution in [3.8, 4) is 0 Å². The van der Waals surface area contributed by atoms with Crippen LogP contribution in [-0.4, -0.2) is 13.1 Å². The van der Waals surface area contributed by atoms with Crippen molar-refractivity contribution in [1.82, 2.24) is 0 Å². The lowest BCUT2D eigenvalue weighted by Crippen LogP contribution is -2.16. The summed E-state index contributed by atoms with van der Waals surface area (Å²) in [6, 6.07) is 34.5. The van der Waals surface area contributed by atoms with E-state index in [0.717, 1.165) is 24.2 Å². The van der Waals surface area contributed by atoms with Gasteiger partial charge in [-0.2, -0.15) is 0 Å². The minimum atomic E-state index is -0.223. The van der Waals surface area contributed by atoms with Gasteiger partial charge in [-0.05, 0) is 72.2 Å². The second-order valence-corrected chi connectivity index (χ2v) is 11.0. The Bertz CT molecular complexity index is 1220. The highest BCUT2D eigenvalue weighted by Gasteiger charge is 2.26. The fourth-order valence-electron chi connectivity index (χ4n) is 5.51. The highest BCUT2D eigenvalue weighted by Crippen LogP contribution is 2.40. The van der Waals surface area contributed by atoms with Gasteiger partial charge in [-0.3, -0.25) is 0 Å². The lowest BCUT2D eigenvalue weighted by atomic mass is 9.93. The van der Waals surface area contributed by atoms with E-state index in [1.54, 1.807) is 0 Å². The Hall–Kier alpha value is -3.56. The molecule has 0 radical (unpaired) electrons. The Labute approximate surface area is 248 Å². The van der Waals surface area contributed by atoms with Crippen LogP contribution in [0, 0.1) is 13.8 Å². The summed E-state index contributed by atoms with van der Waals surface area (Å²) in [5.74, 6) is 0. The molecule has 0 aliphatic carbocycles. The number of rotatable bonds is 16. The largest absolute Gasteiger partial charge is 0.385 e. The molecule has 2 N–H and O–H groups in total. The predicted octanol–water partition coefficient (Wildman–Crippen LogP) is 10.4. The van der Waals surface area contributed by atoms with Gasteiger partial charge in [0.25, 0.3) is 0 Å². The zero-order valence-electron chi connectivity index (χ0n) is 25.5. The van der Waals surface area contributed by atoms with Gasteiger partial charge in [0.05, 0.1) is 0 Å². The van der Waals surface area contributed by atoms with Crippen molar-refractivity contribution < 1.29 is 4.74 Å². The van der Waals surface area contributed by atoms with E-state index in [2.05, 4.69) is 135 Å². The topological polar surface area (TPSA) is 33.3 Å². The summed E-state index contributed by atoms with van der Waals surface area (Å²) in [6.07, 6.45) is 6.84. The molecule has 2 unspecified atom stereocenters. The fraction of sp³-hybridized carbons (Fsp3) is 0.368. The first-order valence-electron chi connectivity index (χ1n) is 15.6. The zero-order chi connectivity index (χ0) is 28.9. The van der Waals surface area contributed by atoms with Crippen LogP contribution in [-0.2, 0) is 4.74 Å².